The van der Waals surface area contributed by atoms with Gasteiger partial charge in [-0.25, -0.2) is 0 Å². The molecule has 0 aliphatic heterocycles. The number of rotatable bonds is 4. The Morgan fingerprint density at radius 1 is 1.55 bits per heavy atom. The van der Waals surface area contributed by atoms with Gasteiger partial charge in [0, 0.05) is 6.04 Å². The Morgan fingerprint density at radius 3 is 2.45 bits per heavy atom. The van der Waals surface area contributed by atoms with E-state index < -0.39 is 5.38 Å². The zero-order valence-electron chi connectivity index (χ0n) is 7.36. The average molecular weight is 178 g/mol. The van der Waals surface area contributed by atoms with E-state index >= 15 is 0 Å². The summed E-state index contributed by atoms with van der Waals surface area (Å²) in [5.74, 6) is -0.0763. The fourth-order valence-electron chi connectivity index (χ4n) is 0.863. The molecule has 0 rings (SSSR count). The molecule has 66 valence electrons. The van der Waals surface area contributed by atoms with Crippen LogP contribution in [0.15, 0.2) is 0 Å². The second kappa shape index (κ2) is 5.42. The maximum absolute atomic E-state index is 11.0. The number of alkyl halides is 1. The van der Waals surface area contributed by atoms with Gasteiger partial charge >= 0.3 is 0 Å². The van der Waals surface area contributed by atoms with Crippen LogP contribution in [0.5, 0.6) is 0 Å². The van der Waals surface area contributed by atoms with E-state index in [1.54, 1.807) is 6.92 Å². The molecule has 0 aliphatic rings. The largest absolute Gasteiger partial charge is 0.352 e. The number of amides is 1. The predicted molar refractivity (Wildman–Crippen MR) is 47.8 cm³/mol. The Balaban J connectivity index is 3.57. The van der Waals surface area contributed by atoms with E-state index in [1.165, 1.54) is 0 Å². The minimum absolute atomic E-state index is 0.0763. The van der Waals surface area contributed by atoms with Gasteiger partial charge in [0.2, 0.25) is 5.91 Å². The first-order valence-corrected chi connectivity index (χ1v) is 4.46. The molecule has 0 saturated heterocycles. The van der Waals surface area contributed by atoms with Crippen molar-refractivity contribution in [2.45, 2.75) is 45.0 Å². The first-order valence-electron chi connectivity index (χ1n) is 4.02. The molecule has 0 aromatic carbocycles. The lowest BCUT2D eigenvalue weighted by molar-refractivity contribution is -0.121. The Labute approximate surface area is 73.3 Å². The van der Waals surface area contributed by atoms with E-state index in [0.717, 1.165) is 12.8 Å². The average Bonchev–Trinajstić information content (AvgIpc) is 1.87. The quantitative estimate of drug-likeness (QED) is 0.654. The smallest absolute Gasteiger partial charge is 0.237 e. The molecule has 0 radical (unpaired) electrons. The maximum Gasteiger partial charge on any atom is 0.237 e. The van der Waals surface area contributed by atoms with Crippen molar-refractivity contribution < 1.29 is 4.79 Å². The maximum atomic E-state index is 11.0. The van der Waals surface area contributed by atoms with E-state index in [2.05, 4.69) is 12.2 Å². The molecule has 3 heteroatoms. The predicted octanol–water partition coefficient (Wildman–Crippen LogP) is 1.92. The Kier molecular flexibility index (Phi) is 5.30. The van der Waals surface area contributed by atoms with Crippen molar-refractivity contribution in [3.8, 4) is 0 Å². The molecule has 0 aromatic rings. The van der Waals surface area contributed by atoms with Gasteiger partial charge in [-0.15, -0.1) is 11.6 Å². The van der Waals surface area contributed by atoms with Crippen molar-refractivity contribution in [3.05, 3.63) is 0 Å². The van der Waals surface area contributed by atoms with Crippen LogP contribution >= 0.6 is 11.6 Å². The van der Waals surface area contributed by atoms with Crippen molar-refractivity contribution in [2.75, 3.05) is 0 Å². The third-order valence-electron chi connectivity index (χ3n) is 1.47. The molecule has 0 spiro atoms. The molecule has 11 heavy (non-hydrogen) atoms. The van der Waals surface area contributed by atoms with E-state index in [4.69, 9.17) is 11.6 Å². The molecule has 0 bridgehead atoms. The van der Waals surface area contributed by atoms with Crippen molar-refractivity contribution >= 4 is 17.5 Å². The first-order chi connectivity index (χ1) is 5.07. The molecule has 1 N–H and O–H groups in total. The SMILES string of the molecule is CCC[C@H](C)NC(=O)[C@H](C)Cl. The van der Waals surface area contributed by atoms with Gasteiger partial charge in [0.05, 0.1) is 0 Å². The highest BCUT2D eigenvalue weighted by Crippen LogP contribution is 1.98. The van der Waals surface area contributed by atoms with Gasteiger partial charge in [-0.1, -0.05) is 13.3 Å². The summed E-state index contributed by atoms with van der Waals surface area (Å²) in [5.41, 5.74) is 0. The molecule has 0 fully saturated rings. The summed E-state index contributed by atoms with van der Waals surface area (Å²) < 4.78 is 0. The van der Waals surface area contributed by atoms with Crippen molar-refractivity contribution in [3.63, 3.8) is 0 Å². The van der Waals surface area contributed by atoms with Crippen LogP contribution in [0.3, 0.4) is 0 Å². The minimum Gasteiger partial charge on any atom is -0.352 e. The molecule has 0 heterocycles. The normalized spacial score (nSPS) is 15.6. The molecule has 2 nitrogen and oxygen atoms in total. The van der Waals surface area contributed by atoms with Gasteiger partial charge in [0.15, 0.2) is 0 Å². The highest BCUT2D eigenvalue weighted by atomic mass is 35.5. The summed E-state index contributed by atoms with van der Waals surface area (Å²) in [7, 11) is 0. The lowest BCUT2D eigenvalue weighted by Gasteiger charge is -2.13. The molecule has 2 atom stereocenters. The van der Waals surface area contributed by atoms with Gasteiger partial charge in [-0.3, -0.25) is 4.79 Å². The number of hydrogen-bond donors (Lipinski definition) is 1. The monoisotopic (exact) mass is 177 g/mol. The molecule has 0 saturated carbocycles. The van der Waals surface area contributed by atoms with Gasteiger partial charge in [0.25, 0.3) is 0 Å². The second-order valence-electron chi connectivity index (χ2n) is 2.81. The number of nitrogens with one attached hydrogen (secondary N) is 1. The Bertz CT molecular complexity index is 125. The van der Waals surface area contributed by atoms with Crippen LogP contribution in [0, 0.1) is 0 Å². The van der Waals surface area contributed by atoms with Gasteiger partial charge in [-0.05, 0) is 20.3 Å². The van der Waals surface area contributed by atoms with Crippen LogP contribution in [-0.2, 0) is 4.79 Å². The summed E-state index contributed by atoms with van der Waals surface area (Å²) in [6, 6.07) is 0.244. The summed E-state index contributed by atoms with van der Waals surface area (Å²) in [6.45, 7) is 5.75. The van der Waals surface area contributed by atoms with Crippen molar-refractivity contribution in [2.24, 2.45) is 0 Å². The highest BCUT2D eigenvalue weighted by molar-refractivity contribution is 6.30. The molecule has 0 aliphatic carbocycles. The zero-order valence-corrected chi connectivity index (χ0v) is 8.11. The van der Waals surface area contributed by atoms with Gasteiger partial charge < -0.3 is 5.32 Å². The lowest BCUT2D eigenvalue weighted by atomic mass is 10.2. The summed E-state index contributed by atoms with van der Waals surface area (Å²) in [5, 5.41) is 2.39. The van der Waals surface area contributed by atoms with Crippen LogP contribution in [0.2, 0.25) is 0 Å². The van der Waals surface area contributed by atoms with E-state index in [1.807, 2.05) is 6.92 Å². The van der Waals surface area contributed by atoms with Crippen molar-refractivity contribution in [1.82, 2.24) is 5.32 Å². The van der Waals surface area contributed by atoms with E-state index in [0.29, 0.717) is 0 Å². The fourth-order valence-corrected chi connectivity index (χ4v) is 0.926. The summed E-state index contributed by atoms with van der Waals surface area (Å²) in [4.78, 5) is 11.0. The molecule has 1 amide bonds. The van der Waals surface area contributed by atoms with E-state index in [-0.39, 0.29) is 11.9 Å². The van der Waals surface area contributed by atoms with Crippen LogP contribution < -0.4 is 5.32 Å². The summed E-state index contributed by atoms with van der Waals surface area (Å²) >= 11 is 5.56. The highest BCUT2D eigenvalue weighted by Gasteiger charge is 2.10. The van der Waals surface area contributed by atoms with Crippen LogP contribution in [0.1, 0.15) is 33.6 Å². The number of hydrogen-bond acceptors (Lipinski definition) is 1. The van der Waals surface area contributed by atoms with Crippen LogP contribution in [0.4, 0.5) is 0 Å². The zero-order chi connectivity index (χ0) is 8.85. The molecular formula is C8H16ClNO. The number of halogens is 1. The van der Waals surface area contributed by atoms with Gasteiger partial charge in [-0.2, -0.15) is 0 Å². The van der Waals surface area contributed by atoms with Crippen LogP contribution in [0.25, 0.3) is 0 Å². The molecule has 0 unspecified atom stereocenters. The molecular weight excluding hydrogens is 162 g/mol. The second-order valence-corrected chi connectivity index (χ2v) is 3.47. The first kappa shape index (κ1) is 10.8. The lowest BCUT2D eigenvalue weighted by Crippen LogP contribution is -2.36. The standard InChI is InChI=1S/C8H16ClNO/c1-4-5-6(2)10-8(11)7(3)9/h6-7H,4-5H2,1-3H3,(H,10,11)/t6-,7-/m0/s1. The minimum atomic E-state index is -0.422. The van der Waals surface area contributed by atoms with Gasteiger partial charge in [0.1, 0.15) is 5.38 Å². The summed E-state index contributed by atoms with van der Waals surface area (Å²) in [6.07, 6.45) is 2.09. The Hall–Kier alpha value is -0.240. The Morgan fingerprint density at radius 2 is 2.09 bits per heavy atom. The third kappa shape index (κ3) is 5.08. The third-order valence-corrected chi connectivity index (χ3v) is 1.67. The topological polar surface area (TPSA) is 29.1 Å². The molecule has 0 aromatic heterocycles. The van der Waals surface area contributed by atoms with E-state index in [9.17, 15) is 4.79 Å². The van der Waals surface area contributed by atoms with Crippen LogP contribution in [-0.4, -0.2) is 17.3 Å². The fraction of sp³-hybridized carbons (Fsp3) is 0.875. The number of carbonyl (C=O) groups is 1. The number of carbonyl (C=O) groups excluding carboxylic acids is 1. The van der Waals surface area contributed by atoms with Crippen molar-refractivity contribution in [1.29, 1.82) is 0 Å².